The van der Waals surface area contributed by atoms with E-state index in [1.165, 1.54) is 11.3 Å². The first-order chi connectivity index (χ1) is 8.54. The Balaban J connectivity index is 1.97. The molecule has 2 heterocycles. The van der Waals surface area contributed by atoms with Gasteiger partial charge >= 0.3 is 0 Å². The highest BCUT2D eigenvalue weighted by atomic mass is 32.1. The minimum Gasteiger partial charge on any atom is -0.371 e. The number of rotatable bonds is 1. The van der Waals surface area contributed by atoms with Crippen molar-refractivity contribution in [1.82, 2.24) is 9.69 Å². The zero-order valence-corrected chi connectivity index (χ0v) is 12.2. The number of aromatic nitrogens is 1. The molecule has 2 fully saturated rings. The normalized spacial score (nSPS) is 39.3. The molecule has 1 saturated heterocycles. The SMILES string of the molecule is CC1CC(C)(C)CC12OCCNC2c1ccns1. The van der Waals surface area contributed by atoms with Gasteiger partial charge in [-0.1, -0.05) is 20.8 Å². The van der Waals surface area contributed by atoms with Gasteiger partial charge < -0.3 is 10.1 Å². The molecule has 1 aliphatic carbocycles. The van der Waals surface area contributed by atoms with Crippen LogP contribution in [0.4, 0.5) is 0 Å². The second kappa shape index (κ2) is 4.29. The van der Waals surface area contributed by atoms with E-state index >= 15 is 0 Å². The van der Waals surface area contributed by atoms with E-state index in [9.17, 15) is 0 Å². The van der Waals surface area contributed by atoms with Gasteiger partial charge in [-0.2, -0.15) is 0 Å². The molecule has 1 saturated carbocycles. The van der Waals surface area contributed by atoms with Crippen LogP contribution in [0.15, 0.2) is 12.3 Å². The van der Waals surface area contributed by atoms with Crippen molar-refractivity contribution in [3.05, 3.63) is 17.1 Å². The fourth-order valence-corrected chi connectivity index (χ4v) is 4.75. The van der Waals surface area contributed by atoms with Crippen LogP contribution < -0.4 is 5.32 Å². The summed E-state index contributed by atoms with van der Waals surface area (Å²) in [5.41, 5.74) is 0.343. The number of hydrogen-bond donors (Lipinski definition) is 1. The Morgan fingerprint density at radius 2 is 2.33 bits per heavy atom. The average molecular weight is 266 g/mol. The molecule has 4 heteroatoms. The van der Waals surface area contributed by atoms with Crippen LogP contribution in [0.5, 0.6) is 0 Å². The fraction of sp³-hybridized carbons (Fsp3) is 0.786. The first-order valence-corrected chi connectivity index (χ1v) is 7.59. The third-order valence-corrected chi connectivity index (χ3v) is 5.31. The summed E-state index contributed by atoms with van der Waals surface area (Å²) in [7, 11) is 0. The maximum absolute atomic E-state index is 6.33. The van der Waals surface area contributed by atoms with Crippen LogP contribution in [-0.4, -0.2) is 23.1 Å². The maximum Gasteiger partial charge on any atom is 0.0916 e. The molecule has 3 nitrogen and oxygen atoms in total. The molecule has 1 N–H and O–H groups in total. The Bertz CT molecular complexity index is 417. The van der Waals surface area contributed by atoms with Gasteiger partial charge in [0.25, 0.3) is 0 Å². The van der Waals surface area contributed by atoms with E-state index in [-0.39, 0.29) is 5.60 Å². The van der Waals surface area contributed by atoms with Crippen molar-refractivity contribution in [2.24, 2.45) is 11.3 Å². The zero-order valence-electron chi connectivity index (χ0n) is 11.4. The Hall–Kier alpha value is -0.450. The molecular weight excluding hydrogens is 244 g/mol. The first-order valence-electron chi connectivity index (χ1n) is 6.81. The van der Waals surface area contributed by atoms with Gasteiger partial charge in [0.15, 0.2) is 0 Å². The summed E-state index contributed by atoms with van der Waals surface area (Å²) in [6, 6.07) is 2.45. The van der Waals surface area contributed by atoms with E-state index in [0.29, 0.717) is 17.4 Å². The number of nitrogens with one attached hydrogen (secondary N) is 1. The highest BCUT2D eigenvalue weighted by molar-refractivity contribution is 7.05. The van der Waals surface area contributed by atoms with E-state index in [0.717, 1.165) is 19.6 Å². The summed E-state index contributed by atoms with van der Waals surface area (Å²) in [5.74, 6) is 0.590. The summed E-state index contributed by atoms with van der Waals surface area (Å²) in [5, 5.41) is 3.67. The molecule has 3 rings (SSSR count). The Labute approximate surface area is 113 Å². The lowest BCUT2D eigenvalue weighted by Gasteiger charge is -2.45. The van der Waals surface area contributed by atoms with E-state index in [2.05, 4.69) is 36.5 Å². The largest absolute Gasteiger partial charge is 0.371 e. The van der Waals surface area contributed by atoms with Crippen LogP contribution in [0.1, 0.15) is 44.5 Å². The Morgan fingerprint density at radius 3 is 2.94 bits per heavy atom. The van der Waals surface area contributed by atoms with Crippen LogP contribution >= 0.6 is 11.5 Å². The van der Waals surface area contributed by atoms with Crippen molar-refractivity contribution < 1.29 is 4.74 Å². The van der Waals surface area contributed by atoms with Gasteiger partial charge in [-0.25, -0.2) is 4.37 Å². The third kappa shape index (κ3) is 1.91. The summed E-state index contributed by atoms with van der Waals surface area (Å²) < 4.78 is 10.6. The molecule has 2 aliphatic rings. The highest BCUT2D eigenvalue weighted by Gasteiger charge is 2.55. The van der Waals surface area contributed by atoms with Crippen LogP contribution in [0.2, 0.25) is 0 Å². The third-order valence-electron chi connectivity index (χ3n) is 4.50. The predicted molar refractivity (Wildman–Crippen MR) is 73.7 cm³/mol. The topological polar surface area (TPSA) is 34.1 Å². The second-order valence-electron chi connectivity index (χ2n) is 6.55. The lowest BCUT2D eigenvalue weighted by atomic mass is 9.81. The number of morpholine rings is 1. The standard InChI is InChI=1S/C14H22N2OS/c1-10-8-13(2,3)9-14(10)12(15-6-7-17-14)11-4-5-16-18-11/h4-5,10,12,15H,6-9H2,1-3H3. The van der Waals surface area contributed by atoms with Gasteiger partial charge in [0.05, 0.1) is 18.2 Å². The number of hydrogen-bond acceptors (Lipinski definition) is 4. The molecule has 0 radical (unpaired) electrons. The van der Waals surface area contributed by atoms with Gasteiger partial charge in [0.2, 0.25) is 0 Å². The van der Waals surface area contributed by atoms with E-state index in [1.807, 2.05) is 6.20 Å². The van der Waals surface area contributed by atoms with Crippen molar-refractivity contribution in [2.75, 3.05) is 13.2 Å². The zero-order chi connectivity index (χ0) is 12.8. The van der Waals surface area contributed by atoms with Crippen molar-refractivity contribution >= 4 is 11.5 Å². The van der Waals surface area contributed by atoms with Crippen molar-refractivity contribution in [3.63, 3.8) is 0 Å². The van der Waals surface area contributed by atoms with Gasteiger partial charge in [0.1, 0.15) is 0 Å². The minimum absolute atomic E-state index is 0.0334. The van der Waals surface area contributed by atoms with Gasteiger partial charge in [-0.15, -0.1) is 0 Å². The molecule has 100 valence electrons. The molecule has 1 aromatic heterocycles. The molecule has 3 atom stereocenters. The minimum atomic E-state index is -0.0334. The van der Waals surface area contributed by atoms with Crippen molar-refractivity contribution in [2.45, 2.75) is 45.3 Å². The van der Waals surface area contributed by atoms with Crippen molar-refractivity contribution in [1.29, 1.82) is 0 Å². The molecular formula is C14H22N2OS. The molecule has 0 amide bonds. The van der Waals surface area contributed by atoms with Crippen LogP contribution in [-0.2, 0) is 4.74 Å². The van der Waals surface area contributed by atoms with Crippen LogP contribution in [0.25, 0.3) is 0 Å². The molecule has 1 aromatic rings. The quantitative estimate of drug-likeness (QED) is 0.848. The summed E-state index contributed by atoms with van der Waals surface area (Å²) in [6.45, 7) is 8.84. The molecule has 18 heavy (non-hydrogen) atoms. The Morgan fingerprint density at radius 1 is 1.50 bits per heavy atom. The first kappa shape index (κ1) is 12.6. The van der Waals surface area contributed by atoms with Crippen LogP contribution in [0, 0.1) is 11.3 Å². The predicted octanol–water partition coefficient (Wildman–Crippen LogP) is 3.00. The molecule has 1 spiro atoms. The van der Waals surface area contributed by atoms with E-state index < -0.39 is 0 Å². The van der Waals surface area contributed by atoms with Crippen molar-refractivity contribution in [3.8, 4) is 0 Å². The Kier molecular flexibility index (Phi) is 3.00. The smallest absolute Gasteiger partial charge is 0.0916 e. The summed E-state index contributed by atoms with van der Waals surface area (Å²) in [4.78, 5) is 1.32. The lowest BCUT2D eigenvalue weighted by molar-refractivity contribution is -0.121. The fourth-order valence-electron chi connectivity index (χ4n) is 3.99. The maximum atomic E-state index is 6.33. The van der Waals surface area contributed by atoms with E-state index in [4.69, 9.17) is 4.74 Å². The second-order valence-corrected chi connectivity index (χ2v) is 7.42. The molecule has 1 aliphatic heterocycles. The average Bonchev–Trinajstić information content (AvgIpc) is 2.87. The monoisotopic (exact) mass is 266 g/mol. The number of nitrogens with zero attached hydrogens (tertiary/aromatic N) is 1. The summed E-state index contributed by atoms with van der Waals surface area (Å²) >= 11 is 1.60. The van der Waals surface area contributed by atoms with Gasteiger partial charge in [-0.3, -0.25) is 0 Å². The lowest BCUT2D eigenvalue weighted by Crippen LogP contribution is -2.53. The molecule has 0 bridgehead atoms. The summed E-state index contributed by atoms with van der Waals surface area (Å²) in [6.07, 6.45) is 4.27. The van der Waals surface area contributed by atoms with Gasteiger partial charge in [0, 0.05) is 17.6 Å². The molecule has 3 unspecified atom stereocenters. The number of ether oxygens (including phenoxy) is 1. The molecule has 0 aromatic carbocycles. The van der Waals surface area contributed by atoms with Gasteiger partial charge in [-0.05, 0) is 41.8 Å². The van der Waals surface area contributed by atoms with Crippen LogP contribution in [0.3, 0.4) is 0 Å². The van der Waals surface area contributed by atoms with E-state index in [1.54, 1.807) is 11.5 Å². The highest BCUT2D eigenvalue weighted by Crippen LogP contribution is 2.55.